The van der Waals surface area contributed by atoms with Gasteiger partial charge in [0.2, 0.25) is 0 Å². The molecule has 0 bridgehead atoms. The Hall–Kier alpha value is -1.61. The van der Waals surface area contributed by atoms with Crippen LogP contribution in [0.15, 0.2) is 12.4 Å². The Kier molecular flexibility index (Phi) is 26.2. The van der Waals surface area contributed by atoms with E-state index in [1.807, 2.05) is 13.6 Å². The quantitative estimate of drug-likeness (QED) is 0.381. The molecule has 0 atom stereocenters. The third kappa shape index (κ3) is 13.7. The van der Waals surface area contributed by atoms with Crippen LogP contribution in [0.5, 0.6) is 0 Å². The smallest absolute Gasteiger partial charge is 0.282 e. The first kappa shape index (κ1) is 29.2. The van der Waals surface area contributed by atoms with Crippen LogP contribution < -0.4 is 4.57 Å². The molecule has 0 saturated heterocycles. The molecule has 0 aromatic carbocycles. The Labute approximate surface area is 158 Å². The summed E-state index contributed by atoms with van der Waals surface area (Å²) in [6.07, 6.45) is 6.21. The summed E-state index contributed by atoms with van der Waals surface area (Å²) in [5.41, 5.74) is 0. The van der Waals surface area contributed by atoms with E-state index in [9.17, 15) is 0 Å². The van der Waals surface area contributed by atoms with Gasteiger partial charge in [0.15, 0.2) is 0 Å². The number of methoxy groups -OCH3 is 3. The van der Waals surface area contributed by atoms with Gasteiger partial charge >= 0.3 is 0 Å². The van der Waals surface area contributed by atoms with E-state index in [0.717, 1.165) is 39.1 Å². The summed E-state index contributed by atoms with van der Waals surface area (Å²) in [5, 5.41) is 0. The van der Waals surface area contributed by atoms with Crippen LogP contribution in [-0.2, 0) is 48.2 Å². The SMILES string of the molecule is C.C=O.C=O.COCCCn1cc[n+](CCCOC)c1COCCOC. The molecule has 1 aromatic rings. The molecule has 0 aliphatic carbocycles. The highest BCUT2D eigenvalue weighted by molar-refractivity contribution is 5.11. The van der Waals surface area contributed by atoms with E-state index >= 15 is 0 Å². The van der Waals surface area contributed by atoms with Crippen LogP contribution in [0.4, 0.5) is 0 Å². The van der Waals surface area contributed by atoms with Crippen molar-refractivity contribution in [3.8, 4) is 0 Å². The lowest BCUT2D eigenvalue weighted by atomic mass is 10.4. The minimum Gasteiger partial charge on any atom is -0.385 e. The number of hydrogen-bond donors (Lipinski definition) is 0. The second-order valence-corrected chi connectivity index (χ2v) is 4.84. The Balaban J connectivity index is -0.000000985. The van der Waals surface area contributed by atoms with Crippen LogP contribution in [0.25, 0.3) is 0 Å². The molecule has 1 aromatic heterocycles. The van der Waals surface area contributed by atoms with Crippen molar-refractivity contribution in [1.29, 1.82) is 0 Å². The average molecular weight is 378 g/mol. The summed E-state index contributed by atoms with van der Waals surface area (Å²) in [6.45, 7) is 9.24. The average Bonchev–Trinajstić information content (AvgIpc) is 3.04. The van der Waals surface area contributed by atoms with Gasteiger partial charge in [-0.15, -0.1) is 0 Å². The summed E-state index contributed by atoms with van der Waals surface area (Å²) in [4.78, 5) is 16.0. The molecule has 0 fully saturated rings. The molecule has 0 aliphatic rings. The largest absolute Gasteiger partial charge is 0.385 e. The van der Waals surface area contributed by atoms with E-state index in [4.69, 9.17) is 28.5 Å². The zero-order chi connectivity index (χ0) is 19.3. The van der Waals surface area contributed by atoms with E-state index in [2.05, 4.69) is 21.5 Å². The molecule has 8 heteroatoms. The van der Waals surface area contributed by atoms with E-state index in [0.29, 0.717) is 19.8 Å². The molecule has 0 N–H and O–H groups in total. The molecular weight excluding hydrogens is 340 g/mol. The molecule has 0 radical (unpaired) electrons. The molecule has 0 saturated carbocycles. The molecular formula is C18H37N2O6+. The van der Waals surface area contributed by atoms with Gasteiger partial charge in [-0.3, -0.25) is 0 Å². The van der Waals surface area contributed by atoms with Gasteiger partial charge in [0, 0.05) is 47.4 Å². The highest BCUT2D eigenvalue weighted by atomic mass is 16.5. The predicted octanol–water partition coefficient (Wildman–Crippen LogP) is 1.28. The van der Waals surface area contributed by atoms with E-state index in [-0.39, 0.29) is 7.43 Å². The Morgan fingerprint density at radius 3 is 2.08 bits per heavy atom. The number of ether oxygens (including phenoxy) is 4. The van der Waals surface area contributed by atoms with Gasteiger partial charge in [-0.05, 0) is 0 Å². The highest BCUT2D eigenvalue weighted by Gasteiger charge is 2.16. The first-order chi connectivity index (χ1) is 12.3. The highest BCUT2D eigenvalue weighted by Crippen LogP contribution is 2.02. The Morgan fingerprint density at radius 1 is 0.923 bits per heavy atom. The number of rotatable bonds is 13. The zero-order valence-corrected chi connectivity index (χ0v) is 15.8. The van der Waals surface area contributed by atoms with Crippen molar-refractivity contribution in [1.82, 2.24) is 4.57 Å². The second-order valence-electron chi connectivity index (χ2n) is 4.84. The molecule has 0 aliphatic heterocycles. The lowest BCUT2D eigenvalue weighted by molar-refractivity contribution is -0.706. The van der Waals surface area contributed by atoms with Crippen molar-refractivity contribution in [2.75, 3.05) is 47.8 Å². The molecule has 26 heavy (non-hydrogen) atoms. The number of nitrogens with zero attached hydrogens (tertiary/aromatic N) is 2. The molecule has 154 valence electrons. The van der Waals surface area contributed by atoms with Gasteiger partial charge < -0.3 is 28.5 Å². The van der Waals surface area contributed by atoms with Gasteiger partial charge in [0.05, 0.1) is 26.3 Å². The van der Waals surface area contributed by atoms with Crippen LogP contribution in [0.3, 0.4) is 0 Å². The molecule has 0 amide bonds. The fourth-order valence-electron chi connectivity index (χ4n) is 2.14. The van der Waals surface area contributed by atoms with Gasteiger partial charge in [0.1, 0.15) is 32.6 Å². The molecule has 0 spiro atoms. The van der Waals surface area contributed by atoms with Crippen molar-refractivity contribution in [2.45, 2.75) is 40.0 Å². The summed E-state index contributed by atoms with van der Waals surface area (Å²) in [6, 6.07) is 0. The van der Waals surface area contributed by atoms with Crippen molar-refractivity contribution in [3.63, 3.8) is 0 Å². The monoisotopic (exact) mass is 377 g/mol. The zero-order valence-electron chi connectivity index (χ0n) is 15.8. The lowest BCUT2D eigenvalue weighted by Crippen LogP contribution is -2.38. The third-order valence-electron chi connectivity index (χ3n) is 3.25. The van der Waals surface area contributed by atoms with Crippen LogP contribution in [-0.4, -0.2) is 65.9 Å². The molecule has 0 unspecified atom stereocenters. The van der Waals surface area contributed by atoms with Crippen LogP contribution in [0.2, 0.25) is 0 Å². The minimum atomic E-state index is 0. The number of imidazole rings is 1. The number of aryl methyl sites for hydroxylation is 2. The number of carbonyl (C=O) groups excluding carboxylic acids is 2. The van der Waals surface area contributed by atoms with Gasteiger partial charge in [0.25, 0.3) is 5.82 Å². The number of hydrogen-bond acceptors (Lipinski definition) is 6. The third-order valence-corrected chi connectivity index (χ3v) is 3.25. The summed E-state index contributed by atoms with van der Waals surface area (Å²) in [7, 11) is 5.15. The number of aromatic nitrogens is 2. The maximum absolute atomic E-state index is 8.00. The van der Waals surface area contributed by atoms with Crippen molar-refractivity contribution >= 4 is 13.6 Å². The maximum atomic E-state index is 8.00. The topological polar surface area (TPSA) is 79.9 Å². The van der Waals surface area contributed by atoms with Crippen LogP contribution in [0, 0.1) is 0 Å². The van der Waals surface area contributed by atoms with Crippen molar-refractivity contribution in [2.24, 2.45) is 0 Å². The predicted molar refractivity (Wildman–Crippen MR) is 100 cm³/mol. The molecule has 1 rings (SSSR count). The van der Waals surface area contributed by atoms with Gasteiger partial charge in [-0.1, -0.05) is 7.43 Å². The first-order valence-electron chi connectivity index (χ1n) is 8.03. The van der Waals surface area contributed by atoms with E-state index in [1.165, 1.54) is 5.82 Å². The van der Waals surface area contributed by atoms with Crippen LogP contribution in [0.1, 0.15) is 26.1 Å². The summed E-state index contributed by atoms with van der Waals surface area (Å²) < 4.78 is 25.4. The standard InChI is InChI=1S/C15H29N2O4.2CH2O.CH4/c1-18-10-4-6-16-8-9-17(7-5-11-19-2)15(16)14-21-13-12-20-3;2*1-2;/h8-9H,4-7,10-14H2,1-3H3;2*1H2;1H4/q+1;;;. The fourth-order valence-corrected chi connectivity index (χ4v) is 2.14. The van der Waals surface area contributed by atoms with Crippen molar-refractivity contribution < 1.29 is 33.1 Å². The lowest BCUT2D eigenvalue weighted by Gasteiger charge is -2.06. The normalized spacial score (nSPS) is 9.35. The van der Waals surface area contributed by atoms with Gasteiger partial charge in [-0.25, -0.2) is 9.13 Å². The second kappa shape index (κ2) is 23.4. The maximum Gasteiger partial charge on any atom is 0.282 e. The fraction of sp³-hybridized carbons (Fsp3) is 0.722. The Bertz CT molecular complexity index is 372. The molecule has 8 nitrogen and oxygen atoms in total. The van der Waals surface area contributed by atoms with Crippen LogP contribution >= 0.6 is 0 Å². The Morgan fingerprint density at radius 2 is 1.50 bits per heavy atom. The van der Waals surface area contributed by atoms with E-state index in [1.54, 1.807) is 21.3 Å². The van der Waals surface area contributed by atoms with Gasteiger partial charge in [-0.2, -0.15) is 0 Å². The summed E-state index contributed by atoms with van der Waals surface area (Å²) >= 11 is 0. The van der Waals surface area contributed by atoms with Crippen molar-refractivity contribution in [3.05, 3.63) is 18.2 Å². The summed E-state index contributed by atoms with van der Waals surface area (Å²) in [5.74, 6) is 1.18. The number of carbonyl (C=O) groups is 2. The van der Waals surface area contributed by atoms with E-state index < -0.39 is 0 Å². The minimum absolute atomic E-state index is 0. The first-order valence-corrected chi connectivity index (χ1v) is 8.03. The molecule has 1 heterocycles.